The molecule has 1 aliphatic rings. The van der Waals surface area contributed by atoms with E-state index >= 15 is 0 Å². The first-order valence-corrected chi connectivity index (χ1v) is 5.55. The van der Waals surface area contributed by atoms with E-state index < -0.39 is 6.03 Å². The lowest BCUT2D eigenvalue weighted by Gasteiger charge is -2.29. The molecule has 1 aromatic rings. The number of aromatic nitrogens is 2. The van der Waals surface area contributed by atoms with Crippen molar-refractivity contribution < 1.29 is 4.79 Å². The molecule has 6 nitrogen and oxygen atoms in total. The molecule has 0 fully saturated rings. The molecule has 0 saturated carbocycles. The Balaban J connectivity index is 2.41. The summed E-state index contributed by atoms with van der Waals surface area (Å²) in [5.74, 6) is 0. The lowest BCUT2D eigenvalue weighted by atomic mass is 9.75. The molecule has 0 bridgehead atoms. The fourth-order valence-electron chi connectivity index (χ4n) is 2.27. The van der Waals surface area contributed by atoms with Crippen molar-refractivity contribution >= 4 is 11.7 Å². The predicted molar refractivity (Wildman–Crippen MR) is 64.7 cm³/mol. The van der Waals surface area contributed by atoms with E-state index in [-0.39, 0.29) is 5.41 Å². The number of hydrogen-bond donors (Lipinski definition) is 3. The van der Waals surface area contributed by atoms with Crippen LogP contribution in [0.4, 0.5) is 4.79 Å². The van der Waals surface area contributed by atoms with Crippen molar-refractivity contribution in [3.8, 4) is 0 Å². The second-order valence-corrected chi connectivity index (χ2v) is 5.22. The standard InChI is InChI=1S/C11H17N5O/c1-6-9-7(14-13-6)4-11(2,3)5-8(9)15-16-10(12)17/h4-5H2,1-3H3,(H,13,14)(H3,12,16,17)/b15-8+. The maximum absolute atomic E-state index is 10.7. The van der Waals surface area contributed by atoms with Gasteiger partial charge in [0, 0.05) is 11.3 Å². The van der Waals surface area contributed by atoms with Gasteiger partial charge in [0.15, 0.2) is 0 Å². The number of primary amides is 1. The highest BCUT2D eigenvalue weighted by Crippen LogP contribution is 2.35. The Kier molecular flexibility index (Phi) is 2.65. The zero-order chi connectivity index (χ0) is 12.6. The van der Waals surface area contributed by atoms with Crippen LogP contribution in [0.2, 0.25) is 0 Å². The molecule has 0 aromatic carbocycles. The first-order chi connectivity index (χ1) is 7.89. The van der Waals surface area contributed by atoms with Crippen molar-refractivity contribution in [2.24, 2.45) is 16.3 Å². The predicted octanol–water partition coefficient (Wildman–Crippen LogP) is 1.06. The molecular weight excluding hydrogens is 218 g/mol. The first-order valence-electron chi connectivity index (χ1n) is 5.55. The van der Waals surface area contributed by atoms with Gasteiger partial charge in [-0.05, 0) is 25.2 Å². The number of H-pyrrole nitrogens is 1. The number of carbonyl (C=O) groups is 1. The second kappa shape index (κ2) is 3.87. The average Bonchev–Trinajstić information content (AvgIpc) is 2.54. The summed E-state index contributed by atoms with van der Waals surface area (Å²) in [4.78, 5) is 10.7. The number of nitrogens with one attached hydrogen (secondary N) is 2. The molecule has 17 heavy (non-hydrogen) atoms. The second-order valence-electron chi connectivity index (χ2n) is 5.22. The van der Waals surface area contributed by atoms with Gasteiger partial charge in [-0.3, -0.25) is 5.10 Å². The number of amides is 2. The molecule has 1 aromatic heterocycles. The number of nitrogens with zero attached hydrogens (tertiary/aromatic N) is 2. The average molecular weight is 235 g/mol. The third-order valence-electron chi connectivity index (χ3n) is 2.90. The Bertz CT molecular complexity index is 486. The normalized spacial score (nSPS) is 20.1. The van der Waals surface area contributed by atoms with Gasteiger partial charge in [-0.1, -0.05) is 13.8 Å². The van der Waals surface area contributed by atoms with E-state index in [1.54, 1.807) is 0 Å². The number of urea groups is 1. The number of aryl methyl sites for hydroxylation is 1. The lowest BCUT2D eigenvalue weighted by Crippen LogP contribution is -2.31. The van der Waals surface area contributed by atoms with E-state index in [1.165, 1.54) is 0 Å². The minimum Gasteiger partial charge on any atom is -0.350 e. The summed E-state index contributed by atoms with van der Waals surface area (Å²) in [7, 11) is 0. The van der Waals surface area contributed by atoms with Gasteiger partial charge >= 0.3 is 6.03 Å². The highest BCUT2D eigenvalue weighted by atomic mass is 16.2. The summed E-state index contributed by atoms with van der Waals surface area (Å²) < 4.78 is 0. The molecular formula is C11H17N5O. The SMILES string of the molecule is Cc1[nH]nc2c1/C(=N/NC(N)=O)CC(C)(C)C2. The van der Waals surface area contributed by atoms with Gasteiger partial charge in [0.2, 0.25) is 0 Å². The van der Waals surface area contributed by atoms with Gasteiger partial charge in [-0.15, -0.1) is 0 Å². The van der Waals surface area contributed by atoms with Crippen LogP contribution in [0.3, 0.4) is 0 Å². The van der Waals surface area contributed by atoms with Gasteiger partial charge in [-0.25, -0.2) is 10.2 Å². The maximum Gasteiger partial charge on any atom is 0.332 e. The number of aromatic amines is 1. The third-order valence-corrected chi connectivity index (χ3v) is 2.90. The minimum atomic E-state index is -0.649. The number of nitrogens with two attached hydrogens (primary N) is 1. The monoisotopic (exact) mass is 235 g/mol. The van der Waals surface area contributed by atoms with Crippen molar-refractivity contribution in [1.29, 1.82) is 0 Å². The summed E-state index contributed by atoms with van der Waals surface area (Å²) in [6.07, 6.45) is 1.70. The molecule has 1 aliphatic carbocycles. The van der Waals surface area contributed by atoms with E-state index in [1.807, 2.05) is 6.92 Å². The van der Waals surface area contributed by atoms with Crippen LogP contribution in [-0.2, 0) is 6.42 Å². The van der Waals surface area contributed by atoms with Crippen LogP contribution in [0.5, 0.6) is 0 Å². The minimum absolute atomic E-state index is 0.0901. The molecule has 0 radical (unpaired) electrons. The van der Waals surface area contributed by atoms with Gasteiger partial charge < -0.3 is 5.73 Å². The van der Waals surface area contributed by atoms with E-state index in [9.17, 15) is 4.79 Å². The van der Waals surface area contributed by atoms with Crippen LogP contribution in [-0.4, -0.2) is 21.9 Å². The fraction of sp³-hybridized carbons (Fsp3) is 0.545. The molecule has 92 valence electrons. The molecule has 0 saturated heterocycles. The van der Waals surface area contributed by atoms with Crippen LogP contribution in [0.15, 0.2) is 5.10 Å². The summed E-state index contributed by atoms with van der Waals surface area (Å²) in [6, 6.07) is -0.649. The summed E-state index contributed by atoms with van der Waals surface area (Å²) in [5.41, 5.74) is 11.2. The zero-order valence-electron chi connectivity index (χ0n) is 10.3. The molecule has 6 heteroatoms. The van der Waals surface area contributed by atoms with Gasteiger partial charge in [-0.2, -0.15) is 10.2 Å². The van der Waals surface area contributed by atoms with Crippen molar-refractivity contribution in [3.05, 3.63) is 17.0 Å². The van der Waals surface area contributed by atoms with E-state index in [0.29, 0.717) is 0 Å². The summed E-state index contributed by atoms with van der Waals surface area (Å²) in [5, 5.41) is 11.3. The summed E-state index contributed by atoms with van der Waals surface area (Å²) >= 11 is 0. The summed E-state index contributed by atoms with van der Waals surface area (Å²) in [6.45, 7) is 6.25. The Hall–Kier alpha value is -1.85. The van der Waals surface area contributed by atoms with E-state index in [0.717, 1.165) is 35.5 Å². The Morgan fingerprint density at radius 1 is 1.53 bits per heavy atom. The first kappa shape index (κ1) is 11.6. The number of carbonyl (C=O) groups excluding carboxylic acids is 1. The molecule has 0 atom stereocenters. The molecule has 2 rings (SSSR count). The van der Waals surface area contributed by atoms with Crippen LogP contribution < -0.4 is 11.2 Å². The number of hydrogen-bond acceptors (Lipinski definition) is 3. The molecule has 4 N–H and O–H groups in total. The largest absolute Gasteiger partial charge is 0.350 e. The van der Waals surface area contributed by atoms with E-state index in [2.05, 4.69) is 34.6 Å². The maximum atomic E-state index is 10.7. The van der Waals surface area contributed by atoms with Crippen LogP contribution >= 0.6 is 0 Å². The van der Waals surface area contributed by atoms with Crippen LogP contribution in [0.1, 0.15) is 37.2 Å². The number of rotatable bonds is 1. The molecule has 0 aliphatic heterocycles. The fourth-order valence-corrected chi connectivity index (χ4v) is 2.27. The molecule has 2 amide bonds. The lowest BCUT2D eigenvalue weighted by molar-refractivity contribution is 0.249. The highest BCUT2D eigenvalue weighted by Gasteiger charge is 2.32. The number of hydrazone groups is 1. The Morgan fingerprint density at radius 2 is 2.24 bits per heavy atom. The molecule has 1 heterocycles. The van der Waals surface area contributed by atoms with Gasteiger partial charge in [0.05, 0.1) is 11.4 Å². The van der Waals surface area contributed by atoms with Gasteiger partial charge in [0.1, 0.15) is 0 Å². The zero-order valence-corrected chi connectivity index (χ0v) is 10.3. The van der Waals surface area contributed by atoms with Crippen LogP contribution in [0, 0.1) is 12.3 Å². The topological polar surface area (TPSA) is 96.2 Å². The smallest absolute Gasteiger partial charge is 0.332 e. The Labute approximate surface area is 99.7 Å². The van der Waals surface area contributed by atoms with Crippen molar-refractivity contribution in [3.63, 3.8) is 0 Å². The van der Waals surface area contributed by atoms with Crippen molar-refractivity contribution in [1.82, 2.24) is 15.6 Å². The quantitative estimate of drug-likeness (QED) is 0.634. The van der Waals surface area contributed by atoms with Gasteiger partial charge in [0.25, 0.3) is 0 Å². The van der Waals surface area contributed by atoms with Crippen LogP contribution in [0.25, 0.3) is 0 Å². The number of fused-ring (bicyclic) bond motifs is 1. The van der Waals surface area contributed by atoms with Crippen molar-refractivity contribution in [2.45, 2.75) is 33.6 Å². The third kappa shape index (κ3) is 2.30. The highest BCUT2D eigenvalue weighted by molar-refractivity contribution is 6.04. The van der Waals surface area contributed by atoms with E-state index in [4.69, 9.17) is 5.73 Å². The Morgan fingerprint density at radius 3 is 2.88 bits per heavy atom. The molecule has 0 spiro atoms. The molecule has 0 unspecified atom stereocenters. The van der Waals surface area contributed by atoms with Crippen molar-refractivity contribution in [2.75, 3.05) is 0 Å².